The molecule has 0 aromatic rings. The van der Waals surface area contributed by atoms with Crippen LogP contribution in [0.25, 0.3) is 0 Å². The van der Waals surface area contributed by atoms with Crippen LogP contribution in [-0.4, -0.2) is 0 Å². The van der Waals surface area contributed by atoms with Crippen molar-refractivity contribution in [1.29, 1.82) is 0 Å². The van der Waals surface area contributed by atoms with Gasteiger partial charge in [-0.15, -0.1) is 6.58 Å². The van der Waals surface area contributed by atoms with Crippen molar-refractivity contribution in [2.45, 2.75) is 32.6 Å². The smallest absolute Gasteiger partial charge is 0.0169 e. The molecule has 0 amide bonds. The van der Waals surface area contributed by atoms with Gasteiger partial charge in [-0.3, -0.25) is 0 Å². The third-order valence-corrected chi connectivity index (χ3v) is 1.45. The van der Waals surface area contributed by atoms with Crippen molar-refractivity contribution in [1.82, 2.24) is 0 Å². The molecular weight excluding hydrogens is 132 g/mol. The molecule has 0 aliphatic heterocycles. The Hall–Kier alpha value is -0.780. The maximum absolute atomic E-state index is 3.67. The predicted molar refractivity (Wildman–Crippen MR) is 52.6 cm³/mol. The Balaban J connectivity index is 3.09. The van der Waals surface area contributed by atoms with Crippen molar-refractivity contribution in [3.05, 3.63) is 37.0 Å². The topological polar surface area (TPSA) is 0 Å². The Morgan fingerprint density at radius 2 is 1.91 bits per heavy atom. The lowest BCUT2D eigenvalue weighted by molar-refractivity contribution is 0.867. The molecule has 0 aromatic carbocycles. The highest BCUT2D eigenvalue weighted by molar-refractivity contribution is 4.91. The molecule has 0 saturated carbocycles. The van der Waals surface area contributed by atoms with Crippen LogP contribution in [0.2, 0.25) is 0 Å². The molecule has 0 fully saturated rings. The molecule has 0 atom stereocenters. The Morgan fingerprint density at radius 3 is 2.55 bits per heavy atom. The van der Waals surface area contributed by atoms with Crippen LogP contribution in [0.5, 0.6) is 0 Å². The molecule has 11 heavy (non-hydrogen) atoms. The second kappa shape index (κ2) is 9.22. The van der Waals surface area contributed by atoms with Crippen LogP contribution in [0, 0.1) is 0 Å². The first kappa shape index (κ1) is 10.2. The van der Waals surface area contributed by atoms with E-state index in [1.165, 1.54) is 12.8 Å². The summed E-state index contributed by atoms with van der Waals surface area (Å²) >= 11 is 0. The van der Waals surface area contributed by atoms with E-state index in [0.29, 0.717) is 0 Å². The number of allylic oxidation sites excluding steroid dienone is 5. The van der Waals surface area contributed by atoms with E-state index in [1.807, 2.05) is 13.0 Å². The van der Waals surface area contributed by atoms with Gasteiger partial charge >= 0.3 is 0 Å². The Kier molecular flexibility index (Phi) is 8.57. The lowest BCUT2D eigenvalue weighted by Crippen LogP contribution is -1.67. The van der Waals surface area contributed by atoms with Crippen molar-refractivity contribution in [2.24, 2.45) is 0 Å². The lowest BCUT2D eigenvalue weighted by Gasteiger charge is -1.87. The standard InChI is InChI=1S/C11H18/c1-3-5-7-9-11-10-8-6-4-2/h3-4,6,10-11H,1,5,7-9H2,2H3. The minimum Gasteiger partial charge on any atom is -0.103 e. The number of hydrogen-bond donors (Lipinski definition) is 0. The zero-order chi connectivity index (χ0) is 8.36. The Bertz CT molecular complexity index is 129. The number of hydrogen-bond acceptors (Lipinski definition) is 0. The third kappa shape index (κ3) is 9.22. The van der Waals surface area contributed by atoms with E-state index in [-0.39, 0.29) is 0 Å². The van der Waals surface area contributed by atoms with Crippen molar-refractivity contribution in [2.75, 3.05) is 0 Å². The van der Waals surface area contributed by atoms with Crippen LogP contribution in [0.4, 0.5) is 0 Å². The van der Waals surface area contributed by atoms with Gasteiger partial charge in [0.25, 0.3) is 0 Å². The van der Waals surface area contributed by atoms with Gasteiger partial charge < -0.3 is 0 Å². The molecule has 0 heterocycles. The molecule has 0 unspecified atom stereocenters. The van der Waals surface area contributed by atoms with Gasteiger partial charge in [-0.25, -0.2) is 0 Å². The van der Waals surface area contributed by atoms with Crippen LogP contribution in [0.15, 0.2) is 37.0 Å². The molecule has 0 saturated heterocycles. The monoisotopic (exact) mass is 150 g/mol. The Labute approximate surface area is 70.3 Å². The fourth-order valence-electron chi connectivity index (χ4n) is 0.809. The summed E-state index contributed by atoms with van der Waals surface area (Å²) in [5.41, 5.74) is 0. The van der Waals surface area contributed by atoms with E-state index in [0.717, 1.165) is 12.8 Å². The first-order valence-electron chi connectivity index (χ1n) is 4.29. The Morgan fingerprint density at radius 1 is 1.09 bits per heavy atom. The average Bonchev–Trinajstić information content (AvgIpc) is 2.03. The molecule has 0 heteroatoms. The summed E-state index contributed by atoms with van der Waals surface area (Å²) in [5.74, 6) is 0. The van der Waals surface area contributed by atoms with Crippen LogP contribution in [0.3, 0.4) is 0 Å². The van der Waals surface area contributed by atoms with E-state index in [2.05, 4.69) is 30.9 Å². The summed E-state index contributed by atoms with van der Waals surface area (Å²) < 4.78 is 0. The van der Waals surface area contributed by atoms with Gasteiger partial charge in [-0.2, -0.15) is 0 Å². The largest absolute Gasteiger partial charge is 0.103 e. The second-order valence-electron chi connectivity index (χ2n) is 2.50. The molecule has 0 rings (SSSR count). The maximum Gasteiger partial charge on any atom is -0.0169 e. The summed E-state index contributed by atoms with van der Waals surface area (Å²) in [6, 6.07) is 0. The van der Waals surface area contributed by atoms with Gasteiger partial charge in [-0.05, 0) is 32.6 Å². The molecule has 0 spiro atoms. The van der Waals surface area contributed by atoms with Gasteiger partial charge in [0, 0.05) is 0 Å². The molecule has 0 aliphatic carbocycles. The van der Waals surface area contributed by atoms with E-state index in [9.17, 15) is 0 Å². The minimum absolute atomic E-state index is 1.07. The molecule has 0 aromatic heterocycles. The number of rotatable bonds is 6. The summed E-state index contributed by atoms with van der Waals surface area (Å²) in [4.78, 5) is 0. The van der Waals surface area contributed by atoms with E-state index < -0.39 is 0 Å². The quantitative estimate of drug-likeness (QED) is 0.398. The molecular formula is C11H18. The molecule has 0 bridgehead atoms. The lowest BCUT2D eigenvalue weighted by atomic mass is 10.2. The van der Waals surface area contributed by atoms with Gasteiger partial charge in [0.2, 0.25) is 0 Å². The van der Waals surface area contributed by atoms with Gasteiger partial charge in [0.15, 0.2) is 0 Å². The average molecular weight is 150 g/mol. The minimum atomic E-state index is 1.07. The predicted octanol–water partition coefficient (Wildman–Crippen LogP) is 3.87. The normalized spacial score (nSPS) is 11.4. The summed E-state index contributed by atoms with van der Waals surface area (Å²) in [5, 5.41) is 0. The van der Waals surface area contributed by atoms with E-state index in [1.54, 1.807) is 0 Å². The number of unbranched alkanes of at least 4 members (excludes halogenated alkanes) is 2. The molecule has 0 N–H and O–H groups in total. The first-order chi connectivity index (χ1) is 5.41. The molecule has 0 nitrogen and oxygen atoms in total. The molecule has 62 valence electrons. The summed E-state index contributed by atoms with van der Waals surface area (Å²) in [7, 11) is 0. The van der Waals surface area contributed by atoms with Gasteiger partial charge in [0.1, 0.15) is 0 Å². The van der Waals surface area contributed by atoms with Gasteiger partial charge in [-0.1, -0.05) is 30.4 Å². The van der Waals surface area contributed by atoms with Crippen LogP contribution in [-0.2, 0) is 0 Å². The second-order valence-corrected chi connectivity index (χ2v) is 2.50. The van der Waals surface area contributed by atoms with Crippen LogP contribution in [0.1, 0.15) is 32.6 Å². The highest BCUT2D eigenvalue weighted by Gasteiger charge is 1.77. The van der Waals surface area contributed by atoms with E-state index >= 15 is 0 Å². The summed E-state index contributed by atoms with van der Waals surface area (Å²) in [6.07, 6.45) is 15.3. The third-order valence-electron chi connectivity index (χ3n) is 1.45. The van der Waals surface area contributed by atoms with Crippen molar-refractivity contribution >= 4 is 0 Å². The fraction of sp³-hybridized carbons (Fsp3) is 0.455. The van der Waals surface area contributed by atoms with Gasteiger partial charge in [0.05, 0.1) is 0 Å². The molecule has 0 radical (unpaired) electrons. The zero-order valence-corrected chi connectivity index (χ0v) is 7.42. The van der Waals surface area contributed by atoms with Crippen LogP contribution < -0.4 is 0 Å². The fourth-order valence-corrected chi connectivity index (χ4v) is 0.809. The van der Waals surface area contributed by atoms with Crippen molar-refractivity contribution in [3.8, 4) is 0 Å². The van der Waals surface area contributed by atoms with Crippen LogP contribution >= 0.6 is 0 Å². The summed E-state index contributed by atoms with van der Waals surface area (Å²) in [6.45, 7) is 5.72. The molecule has 0 aliphatic rings. The highest BCUT2D eigenvalue weighted by atomic mass is 13.8. The maximum atomic E-state index is 3.67. The SMILES string of the molecule is C=CCCCC=CCC=CC. The highest BCUT2D eigenvalue weighted by Crippen LogP contribution is 1.97. The first-order valence-corrected chi connectivity index (χ1v) is 4.29. The van der Waals surface area contributed by atoms with Crippen molar-refractivity contribution < 1.29 is 0 Å². The van der Waals surface area contributed by atoms with Crippen molar-refractivity contribution in [3.63, 3.8) is 0 Å². The van der Waals surface area contributed by atoms with E-state index in [4.69, 9.17) is 0 Å². The zero-order valence-electron chi connectivity index (χ0n) is 7.42.